The molecule has 1 aliphatic rings. The van der Waals surface area contributed by atoms with E-state index in [-0.39, 0.29) is 6.61 Å². The summed E-state index contributed by atoms with van der Waals surface area (Å²) in [6.07, 6.45) is -2.29. The number of aliphatic hydroxyl groups is 2. The van der Waals surface area contributed by atoms with Crippen LogP contribution in [0.3, 0.4) is 0 Å². The van der Waals surface area contributed by atoms with Crippen molar-refractivity contribution >= 4 is 0 Å². The first kappa shape index (κ1) is 19.6. The maximum Gasteiger partial charge on any atom is 0.163 e. The highest BCUT2D eigenvalue weighted by Gasteiger charge is 2.32. The highest BCUT2D eigenvalue weighted by Crippen LogP contribution is 2.23. The molecule has 172 valence electrons. The topological polar surface area (TPSA) is 77.4 Å². The molecule has 2 unspecified atom stereocenters. The molecular formula is C25H36O6. The van der Waals surface area contributed by atoms with Crippen LogP contribution in [0.25, 0.3) is 0 Å². The summed E-state index contributed by atoms with van der Waals surface area (Å²) in [6.45, 7) is 6.46. The van der Waals surface area contributed by atoms with Gasteiger partial charge in [0.05, 0.1) is 18.7 Å². The van der Waals surface area contributed by atoms with Gasteiger partial charge in [-0.3, -0.25) is 0 Å². The first-order valence-electron chi connectivity index (χ1n) is 12.2. The molecule has 2 aromatic carbocycles. The van der Waals surface area contributed by atoms with Gasteiger partial charge in [0.1, 0.15) is 36.8 Å². The van der Waals surface area contributed by atoms with Crippen molar-refractivity contribution in [3.63, 3.8) is 0 Å². The molecule has 31 heavy (non-hydrogen) atoms. The Morgan fingerprint density at radius 3 is 1.87 bits per heavy atom. The van der Waals surface area contributed by atoms with Gasteiger partial charge in [-0.25, -0.2) is 0 Å². The van der Waals surface area contributed by atoms with E-state index >= 15 is 0 Å². The first-order valence-corrected chi connectivity index (χ1v) is 10.2. The molecule has 0 saturated carbocycles. The minimum Gasteiger partial charge on any atom is -0.491 e. The van der Waals surface area contributed by atoms with Crippen molar-refractivity contribution in [3.05, 3.63) is 58.7 Å². The maximum absolute atomic E-state index is 9.24. The SMILES string of the molecule is [2H]C([2H])(Oc1cc(C)cc(C)c1)C(O)CO.[2H]C([2H])(Oc1cc(C)cc(C)c1)C1COC(C)(C)O1. The summed E-state index contributed by atoms with van der Waals surface area (Å²) in [5, 5.41) is 17.9. The Bertz CT molecular complexity index is 955. The van der Waals surface area contributed by atoms with Crippen LogP contribution in [0.15, 0.2) is 36.4 Å². The predicted molar refractivity (Wildman–Crippen MR) is 121 cm³/mol. The largest absolute Gasteiger partial charge is 0.491 e. The minimum absolute atomic E-state index is 0.185. The number of aliphatic hydroxyl groups excluding tert-OH is 2. The molecule has 1 saturated heterocycles. The van der Waals surface area contributed by atoms with Crippen molar-refractivity contribution in [3.8, 4) is 11.5 Å². The highest BCUT2D eigenvalue weighted by atomic mass is 16.7. The van der Waals surface area contributed by atoms with E-state index in [1.54, 1.807) is 26.0 Å². The Morgan fingerprint density at radius 2 is 1.45 bits per heavy atom. The van der Waals surface area contributed by atoms with Gasteiger partial charge in [0.15, 0.2) is 5.79 Å². The van der Waals surface area contributed by atoms with Gasteiger partial charge < -0.3 is 29.2 Å². The smallest absolute Gasteiger partial charge is 0.163 e. The molecule has 0 bridgehead atoms. The molecule has 2 aromatic rings. The van der Waals surface area contributed by atoms with Gasteiger partial charge in [0.2, 0.25) is 0 Å². The minimum atomic E-state index is -2.30. The fourth-order valence-corrected chi connectivity index (χ4v) is 3.04. The summed E-state index contributed by atoms with van der Waals surface area (Å²) >= 11 is 0. The van der Waals surface area contributed by atoms with E-state index < -0.39 is 37.7 Å². The molecule has 3 rings (SSSR count). The molecule has 6 heteroatoms. The third-order valence-electron chi connectivity index (χ3n) is 4.19. The van der Waals surface area contributed by atoms with Gasteiger partial charge in [0.25, 0.3) is 0 Å². The second-order valence-electron chi connectivity index (χ2n) is 8.10. The zero-order chi connectivity index (χ0) is 26.6. The Kier molecular flexibility index (Phi) is 7.25. The summed E-state index contributed by atoms with van der Waals surface area (Å²) in [7, 11) is 0. The standard InChI is InChI=1S/C14H20O3.C11H16O3/c1-10-5-11(2)7-12(6-10)15-8-13-9-16-14(3,4)17-13;1-8-3-9(2)5-11(4-8)14-7-10(13)6-12/h5-7,13H,8-9H2,1-4H3;3-5,10,12-13H,6-7H2,1-2H3/i8D2;7D2. The average molecular weight is 437 g/mol. The molecule has 0 aliphatic carbocycles. The molecule has 2 atom stereocenters. The van der Waals surface area contributed by atoms with Gasteiger partial charge in [-0.1, -0.05) is 12.1 Å². The van der Waals surface area contributed by atoms with Crippen molar-refractivity contribution in [2.75, 3.05) is 26.3 Å². The zero-order valence-corrected chi connectivity index (χ0v) is 19.1. The van der Waals surface area contributed by atoms with Crippen LogP contribution in [-0.2, 0) is 9.47 Å². The number of benzene rings is 2. The van der Waals surface area contributed by atoms with E-state index in [4.69, 9.17) is 29.5 Å². The second kappa shape index (κ2) is 11.5. The maximum atomic E-state index is 9.24. The molecule has 2 N–H and O–H groups in total. The number of ether oxygens (including phenoxy) is 4. The van der Waals surface area contributed by atoms with Crippen LogP contribution in [0, 0.1) is 27.7 Å². The Labute approximate surface area is 191 Å². The molecule has 0 radical (unpaired) electrons. The van der Waals surface area contributed by atoms with Gasteiger partial charge in [-0.2, -0.15) is 0 Å². The van der Waals surface area contributed by atoms with Crippen LogP contribution in [0.5, 0.6) is 11.5 Å². The van der Waals surface area contributed by atoms with Crippen molar-refractivity contribution in [2.45, 2.75) is 59.5 Å². The lowest BCUT2D eigenvalue weighted by Gasteiger charge is -2.17. The van der Waals surface area contributed by atoms with E-state index in [1.165, 1.54) is 0 Å². The van der Waals surface area contributed by atoms with Crippen LogP contribution in [0.1, 0.15) is 41.6 Å². The van der Waals surface area contributed by atoms with Crippen LogP contribution < -0.4 is 9.47 Å². The number of rotatable bonds is 7. The molecule has 0 amide bonds. The van der Waals surface area contributed by atoms with E-state index in [1.807, 2.05) is 52.0 Å². The van der Waals surface area contributed by atoms with Crippen molar-refractivity contribution in [2.24, 2.45) is 0 Å². The van der Waals surface area contributed by atoms with Gasteiger partial charge >= 0.3 is 0 Å². The Morgan fingerprint density at radius 1 is 0.968 bits per heavy atom. The lowest BCUT2D eigenvalue weighted by molar-refractivity contribution is -0.141. The molecule has 1 aliphatic heterocycles. The normalized spacial score (nSPS) is 21.0. The van der Waals surface area contributed by atoms with E-state index in [2.05, 4.69) is 0 Å². The lowest BCUT2D eigenvalue weighted by Crippen LogP contribution is -2.25. The van der Waals surface area contributed by atoms with Gasteiger partial charge in [-0.05, 0) is 88.1 Å². The fraction of sp³-hybridized carbons (Fsp3) is 0.520. The van der Waals surface area contributed by atoms with E-state index in [0.29, 0.717) is 11.5 Å². The fourth-order valence-electron chi connectivity index (χ4n) is 3.04. The zero-order valence-electron chi connectivity index (χ0n) is 23.1. The summed E-state index contributed by atoms with van der Waals surface area (Å²) in [5.41, 5.74) is 3.97. The molecule has 0 aromatic heterocycles. The van der Waals surface area contributed by atoms with E-state index in [0.717, 1.165) is 22.3 Å². The van der Waals surface area contributed by atoms with Crippen molar-refractivity contribution in [1.82, 2.24) is 0 Å². The van der Waals surface area contributed by atoms with Crippen LogP contribution in [0.2, 0.25) is 0 Å². The first-order chi connectivity index (χ1) is 16.0. The van der Waals surface area contributed by atoms with E-state index in [9.17, 15) is 5.11 Å². The van der Waals surface area contributed by atoms with Gasteiger partial charge in [-0.15, -0.1) is 0 Å². The van der Waals surface area contributed by atoms with Crippen LogP contribution in [-0.4, -0.2) is 54.5 Å². The molecule has 1 fully saturated rings. The predicted octanol–water partition coefficient (Wildman–Crippen LogP) is 3.87. The molecule has 1 heterocycles. The number of hydrogen-bond acceptors (Lipinski definition) is 6. The number of hydrogen-bond donors (Lipinski definition) is 2. The summed E-state index contributed by atoms with van der Waals surface area (Å²) in [6, 6.07) is 10.9. The van der Waals surface area contributed by atoms with Crippen molar-refractivity contribution < 1.29 is 34.6 Å². The Balaban J connectivity index is 0.000000251. The Hall–Kier alpha value is -2.12. The monoisotopic (exact) mass is 436 g/mol. The summed E-state index contributed by atoms with van der Waals surface area (Å²) in [5.74, 6) is 0.0926. The number of aryl methyl sites for hydroxylation is 4. The summed E-state index contributed by atoms with van der Waals surface area (Å²) in [4.78, 5) is 0. The quantitative estimate of drug-likeness (QED) is 0.686. The summed E-state index contributed by atoms with van der Waals surface area (Å²) < 4.78 is 52.3. The van der Waals surface area contributed by atoms with Gasteiger partial charge in [0, 0.05) is 0 Å². The molecule has 0 spiro atoms. The lowest BCUT2D eigenvalue weighted by atomic mass is 10.1. The molecule has 6 nitrogen and oxygen atoms in total. The highest BCUT2D eigenvalue weighted by molar-refractivity contribution is 5.33. The third-order valence-corrected chi connectivity index (χ3v) is 4.19. The van der Waals surface area contributed by atoms with Crippen molar-refractivity contribution in [1.29, 1.82) is 0 Å². The molecular weight excluding hydrogens is 396 g/mol. The average Bonchev–Trinajstić information content (AvgIpc) is 3.06. The second-order valence-corrected chi connectivity index (χ2v) is 8.10. The van der Waals surface area contributed by atoms with Crippen LogP contribution >= 0.6 is 0 Å². The van der Waals surface area contributed by atoms with Crippen LogP contribution in [0.4, 0.5) is 0 Å². The third kappa shape index (κ3) is 9.27.